The van der Waals surface area contributed by atoms with Gasteiger partial charge in [0.2, 0.25) is 0 Å². The third-order valence-electron chi connectivity index (χ3n) is 6.12. The number of carbonyl (C=O) groups is 2. The van der Waals surface area contributed by atoms with Gasteiger partial charge in [0.1, 0.15) is 0 Å². The summed E-state index contributed by atoms with van der Waals surface area (Å²) < 4.78 is 12.1. The second-order valence-electron chi connectivity index (χ2n) is 8.87. The minimum absolute atomic E-state index is 0.0951. The molecule has 204 valence electrons. The molecule has 0 saturated carbocycles. The molecule has 10 nitrogen and oxygen atoms in total. The van der Waals surface area contributed by atoms with Crippen LogP contribution >= 0.6 is 23.2 Å². The van der Waals surface area contributed by atoms with E-state index in [0.717, 1.165) is 11.3 Å². The van der Waals surface area contributed by atoms with Crippen molar-refractivity contribution in [2.45, 2.75) is 33.4 Å². The quantitative estimate of drug-likeness (QED) is 0.157. The van der Waals surface area contributed by atoms with Crippen LogP contribution in [0.15, 0.2) is 70.4 Å². The van der Waals surface area contributed by atoms with Crippen molar-refractivity contribution in [2.75, 3.05) is 23.6 Å². The van der Waals surface area contributed by atoms with E-state index in [-0.39, 0.29) is 24.8 Å². The Morgan fingerprint density at radius 3 is 2.31 bits per heavy atom. The van der Waals surface area contributed by atoms with Crippen molar-refractivity contribution < 1.29 is 23.7 Å². The molecule has 0 amide bonds. The van der Waals surface area contributed by atoms with Crippen LogP contribution in [0.2, 0.25) is 10.0 Å². The number of nitrogens with one attached hydrogen (secondary N) is 2. The zero-order valence-corrected chi connectivity index (χ0v) is 23.5. The molecule has 2 aliphatic rings. The van der Waals surface area contributed by atoms with Crippen molar-refractivity contribution in [1.82, 2.24) is 5.43 Å². The van der Waals surface area contributed by atoms with Gasteiger partial charge in [-0.3, -0.25) is 5.43 Å². The van der Waals surface area contributed by atoms with Crippen LogP contribution in [0.4, 0.5) is 11.4 Å². The lowest BCUT2D eigenvalue weighted by Crippen LogP contribution is -2.51. The number of hydrogen-bond acceptors (Lipinski definition) is 9. The van der Waals surface area contributed by atoms with E-state index in [1.54, 1.807) is 61.5 Å². The fraction of sp³-hybridized carbons (Fsp3) is 0.296. The zero-order valence-electron chi connectivity index (χ0n) is 21.9. The number of amidine groups is 1. The lowest BCUT2D eigenvalue weighted by atomic mass is 9.93. The number of carbonyl (C=O) groups excluding carboxylic acids is 2. The van der Waals surface area contributed by atoms with Crippen molar-refractivity contribution >= 4 is 64.3 Å². The largest absolute Gasteiger partial charge is 0.461 e. The highest BCUT2D eigenvalue weighted by Gasteiger charge is 2.54. The third kappa shape index (κ3) is 5.91. The number of hydrazone groups is 2. The first kappa shape index (κ1) is 28.1. The molecule has 2 N–H and O–H groups in total. The summed E-state index contributed by atoms with van der Waals surface area (Å²) in [4.78, 5) is 26.0. The Balaban J connectivity index is 1.80. The molecule has 4 rings (SSSR count). The molecule has 2 atom stereocenters. The Bertz CT molecular complexity index is 1370. The SMILES string of the molecule is CCOC(=O)C(=NNc1ccc(Cl)cc1)C1C=N[N+]2=C(C(=O)OCC)NN(c3ccc(Cl)cc3)C2(C)C=C1C. The van der Waals surface area contributed by atoms with Gasteiger partial charge in [-0.1, -0.05) is 38.6 Å². The summed E-state index contributed by atoms with van der Waals surface area (Å²) in [5.41, 5.74) is 7.24. The number of fused-ring (bicyclic) bond motifs is 1. The first-order chi connectivity index (χ1) is 18.7. The second kappa shape index (κ2) is 11.9. The number of benzene rings is 2. The Hall–Kier alpha value is -3.89. The molecule has 0 radical (unpaired) electrons. The third-order valence-corrected chi connectivity index (χ3v) is 6.62. The molecular formula is C27H29Cl2N6O4+. The molecular weight excluding hydrogens is 543 g/mol. The maximum absolute atomic E-state index is 13.0. The zero-order chi connectivity index (χ0) is 28.2. The number of nitrogens with zero attached hydrogens (tertiary/aromatic N) is 4. The van der Waals surface area contributed by atoms with Crippen molar-refractivity contribution in [3.05, 3.63) is 70.2 Å². The molecule has 0 fully saturated rings. The van der Waals surface area contributed by atoms with Gasteiger partial charge in [-0.2, -0.15) is 15.5 Å². The van der Waals surface area contributed by atoms with E-state index in [1.165, 1.54) is 4.68 Å². The van der Waals surface area contributed by atoms with E-state index in [9.17, 15) is 9.59 Å². The number of hydrazine groups is 1. The number of hydrogen-bond donors (Lipinski definition) is 2. The van der Waals surface area contributed by atoms with Crippen LogP contribution in [0.3, 0.4) is 0 Å². The minimum Gasteiger partial charge on any atom is -0.461 e. The highest BCUT2D eigenvalue weighted by atomic mass is 35.5. The molecule has 2 heterocycles. The number of allylic oxidation sites excluding steroid dienone is 1. The Kier molecular flexibility index (Phi) is 8.57. The van der Waals surface area contributed by atoms with Gasteiger partial charge in [-0.15, -0.1) is 0 Å². The van der Waals surface area contributed by atoms with E-state index < -0.39 is 23.5 Å². The Morgan fingerprint density at radius 2 is 1.69 bits per heavy atom. The lowest BCUT2D eigenvalue weighted by Gasteiger charge is -2.28. The van der Waals surface area contributed by atoms with Crippen molar-refractivity contribution in [3.63, 3.8) is 0 Å². The minimum atomic E-state index is -1.01. The summed E-state index contributed by atoms with van der Waals surface area (Å²) in [5, 5.41) is 12.0. The van der Waals surface area contributed by atoms with Gasteiger partial charge in [0.25, 0.3) is 5.66 Å². The van der Waals surface area contributed by atoms with Crippen LogP contribution in [-0.4, -0.2) is 53.3 Å². The van der Waals surface area contributed by atoms with Crippen molar-refractivity contribution in [1.29, 1.82) is 0 Å². The maximum atomic E-state index is 13.0. The number of anilines is 2. The van der Waals surface area contributed by atoms with Crippen LogP contribution in [-0.2, 0) is 19.1 Å². The summed E-state index contributed by atoms with van der Waals surface area (Å²) in [7, 11) is 0. The van der Waals surface area contributed by atoms with E-state index >= 15 is 0 Å². The molecule has 0 aliphatic carbocycles. The summed E-state index contributed by atoms with van der Waals surface area (Å²) >= 11 is 12.1. The smallest absolute Gasteiger partial charge is 0.426 e. The number of esters is 2. The average molecular weight is 572 g/mol. The summed E-state index contributed by atoms with van der Waals surface area (Å²) in [6, 6.07) is 14.1. The first-order valence-electron chi connectivity index (χ1n) is 12.3. The molecule has 0 aromatic heterocycles. The fourth-order valence-electron chi connectivity index (χ4n) is 4.29. The second-order valence-corrected chi connectivity index (χ2v) is 9.74. The Labute approximate surface area is 236 Å². The van der Waals surface area contributed by atoms with Gasteiger partial charge in [0.15, 0.2) is 5.71 Å². The monoisotopic (exact) mass is 571 g/mol. The highest BCUT2D eigenvalue weighted by Crippen LogP contribution is 2.33. The van der Waals surface area contributed by atoms with E-state index in [1.807, 2.05) is 32.1 Å². The molecule has 2 aromatic rings. The van der Waals surface area contributed by atoms with Crippen molar-refractivity contribution in [3.8, 4) is 0 Å². The van der Waals surface area contributed by atoms with Crippen LogP contribution in [0, 0.1) is 5.92 Å². The highest BCUT2D eigenvalue weighted by molar-refractivity contribution is 6.41. The molecule has 0 spiro atoms. The van der Waals surface area contributed by atoms with E-state index in [2.05, 4.69) is 21.1 Å². The maximum Gasteiger partial charge on any atom is 0.426 e. The number of rotatable bonds is 8. The van der Waals surface area contributed by atoms with Crippen LogP contribution in [0.1, 0.15) is 27.7 Å². The van der Waals surface area contributed by atoms with Gasteiger partial charge in [-0.25, -0.2) is 9.59 Å². The van der Waals surface area contributed by atoms with Crippen LogP contribution in [0.25, 0.3) is 0 Å². The Morgan fingerprint density at radius 1 is 1.08 bits per heavy atom. The molecule has 2 aromatic carbocycles. The topological polar surface area (TPSA) is 108 Å². The summed E-state index contributed by atoms with van der Waals surface area (Å²) in [6.07, 6.45) is 3.47. The van der Waals surface area contributed by atoms with Gasteiger partial charge in [0, 0.05) is 17.0 Å². The predicted octanol–water partition coefficient (Wildman–Crippen LogP) is 4.60. The molecule has 0 saturated heterocycles. The van der Waals surface area contributed by atoms with Gasteiger partial charge in [-0.05, 0) is 75.4 Å². The van der Waals surface area contributed by atoms with Gasteiger partial charge in [0.05, 0.1) is 36.7 Å². The van der Waals surface area contributed by atoms with Gasteiger partial charge < -0.3 is 9.47 Å². The number of halogens is 2. The first-order valence-corrected chi connectivity index (χ1v) is 13.1. The van der Waals surface area contributed by atoms with Crippen molar-refractivity contribution in [2.24, 2.45) is 16.1 Å². The van der Waals surface area contributed by atoms with Gasteiger partial charge >= 0.3 is 17.8 Å². The lowest BCUT2D eigenvalue weighted by molar-refractivity contribution is -0.586. The van der Waals surface area contributed by atoms with E-state index in [4.69, 9.17) is 32.7 Å². The predicted molar refractivity (Wildman–Crippen MR) is 152 cm³/mol. The molecule has 0 bridgehead atoms. The average Bonchev–Trinajstić information content (AvgIpc) is 3.11. The summed E-state index contributed by atoms with van der Waals surface area (Å²) in [5.74, 6) is -1.73. The number of ether oxygens (including phenoxy) is 2. The fourth-order valence-corrected chi connectivity index (χ4v) is 4.54. The summed E-state index contributed by atoms with van der Waals surface area (Å²) in [6.45, 7) is 7.56. The normalized spacial score (nSPS) is 20.6. The van der Waals surface area contributed by atoms with Crippen LogP contribution < -0.4 is 15.9 Å². The van der Waals surface area contributed by atoms with Crippen LogP contribution in [0.5, 0.6) is 0 Å². The molecule has 2 aliphatic heterocycles. The molecule has 12 heteroatoms. The van der Waals surface area contributed by atoms with E-state index in [0.29, 0.717) is 15.7 Å². The molecule has 39 heavy (non-hydrogen) atoms. The standard InChI is InChI=1S/C27H28Cl2N6O4/c1-5-38-25(36)23(32-31-20-11-7-18(28)8-12-20)22-16-30-35-24(26(37)39-6-2)33-34(27(35,4)15-17(22)3)21-13-9-19(29)10-14-21/h7-16,22H,5-6H2,1-4H3,(H,31,36)/p+1. The molecule has 2 unspecified atom stereocenters.